The lowest BCUT2D eigenvalue weighted by atomic mass is 10.0. The van der Waals surface area contributed by atoms with Crippen molar-refractivity contribution in [2.75, 3.05) is 34.4 Å². The highest BCUT2D eigenvalue weighted by Gasteiger charge is 2.28. The predicted molar refractivity (Wildman–Crippen MR) is 131 cm³/mol. The zero-order valence-corrected chi connectivity index (χ0v) is 20.9. The van der Waals surface area contributed by atoms with Gasteiger partial charge in [-0.1, -0.05) is 12.1 Å². The molecule has 1 aliphatic heterocycles. The van der Waals surface area contributed by atoms with Crippen LogP contribution in [0.4, 0.5) is 4.39 Å². The number of nitrogens with one attached hydrogen (secondary N) is 2. The normalized spacial score (nSPS) is 14.5. The summed E-state index contributed by atoms with van der Waals surface area (Å²) < 4.78 is 29.6. The lowest BCUT2D eigenvalue weighted by Gasteiger charge is -2.33. The smallest absolute Gasteiger partial charge is 0.254 e. The molecule has 0 saturated carbocycles. The summed E-state index contributed by atoms with van der Waals surface area (Å²) in [6, 6.07) is 8.17. The monoisotopic (exact) mass is 501 g/mol. The van der Waals surface area contributed by atoms with E-state index in [1.807, 2.05) is 0 Å². The van der Waals surface area contributed by atoms with E-state index in [9.17, 15) is 18.8 Å². The molecule has 2 aromatic carbocycles. The number of amides is 3. The highest BCUT2D eigenvalue weighted by molar-refractivity contribution is 5.95. The molecule has 1 atom stereocenters. The molecule has 2 N–H and O–H groups in total. The van der Waals surface area contributed by atoms with E-state index in [1.165, 1.54) is 40.4 Å². The number of carbonyl (C=O) groups is 3. The quantitative estimate of drug-likeness (QED) is 0.546. The summed E-state index contributed by atoms with van der Waals surface area (Å²) in [7, 11) is 4.47. The van der Waals surface area contributed by atoms with Gasteiger partial charge in [0.1, 0.15) is 11.9 Å². The molecule has 3 rings (SSSR count). The Balaban J connectivity index is 1.62. The lowest BCUT2D eigenvalue weighted by molar-refractivity contribution is -0.128. The summed E-state index contributed by atoms with van der Waals surface area (Å²) in [5.74, 6) is -0.0830. The largest absolute Gasteiger partial charge is 0.493 e. The summed E-state index contributed by atoms with van der Waals surface area (Å²) in [5, 5.41) is 5.61. The number of methoxy groups -OCH3 is 3. The van der Waals surface area contributed by atoms with E-state index in [0.29, 0.717) is 54.3 Å². The molecule has 1 saturated heterocycles. The van der Waals surface area contributed by atoms with Crippen LogP contribution in [0, 0.1) is 5.82 Å². The second kappa shape index (κ2) is 12.2. The summed E-state index contributed by atoms with van der Waals surface area (Å²) in [6.07, 6.45) is 1.27. The van der Waals surface area contributed by atoms with E-state index in [0.717, 1.165) is 0 Å². The fourth-order valence-electron chi connectivity index (χ4n) is 4.27. The van der Waals surface area contributed by atoms with Gasteiger partial charge in [-0.05, 0) is 42.7 Å². The van der Waals surface area contributed by atoms with Gasteiger partial charge >= 0.3 is 0 Å². The third-order valence-electron chi connectivity index (χ3n) is 6.06. The van der Waals surface area contributed by atoms with E-state index in [-0.39, 0.29) is 30.2 Å². The molecule has 1 heterocycles. The summed E-state index contributed by atoms with van der Waals surface area (Å²) >= 11 is 0. The molecule has 1 fully saturated rings. The number of carbonyl (C=O) groups excluding carboxylic acids is 3. The molecule has 0 spiro atoms. The van der Waals surface area contributed by atoms with E-state index < -0.39 is 11.9 Å². The van der Waals surface area contributed by atoms with E-state index in [2.05, 4.69) is 10.6 Å². The van der Waals surface area contributed by atoms with E-state index in [1.54, 1.807) is 29.2 Å². The van der Waals surface area contributed by atoms with Crippen LogP contribution in [0.5, 0.6) is 17.2 Å². The van der Waals surface area contributed by atoms with E-state index >= 15 is 0 Å². The first-order chi connectivity index (χ1) is 17.2. The minimum Gasteiger partial charge on any atom is -0.493 e. The van der Waals surface area contributed by atoms with Gasteiger partial charge in [-0.3, -0.25) is 14.4 Å². The van der Waals surface area contributed by atoms with Gasteiger partial charge in [-0.2, -0.15) is 0 Å². The molecule has 0 aromatic heterocycles. The number of piperidine rings is 1. The first-order valence-electron chi connectivity index (χ1n) is 11.7. The van der Waals surface area contributed by atoms with Crippen LogP contribution in [0.15, 0.2) is 36.4 Å². The van der Waals surface area contributed by atoms with Gasteiger partial charge in [0, 0.05) is 38.0 Å². The van der Waals surface area contributed by atoms with Crippen LogP contribution >= 0.6 is 0 Å². The number of halogens is 1. The van der Waals surface area contributed by atoms with Gasteiger partial charge in [-0.25, -0.2) is 4.39 Å². The Bertz CT molecular complexity index is 1080. The van der Waals surface area contributed by atoms with Crippen molar-refractivity contribution in [2.45, 2.75) is 38.3 Å². The van der Waals surface area contributed by atoms with Gasteiger partial charge in [0.2, 0.25) is 17.6 Å². The molecular formula is C26H32FN3O6. The van der Waals surface area contributed by atoms with Crippen LogP contribution in [-0.4, -0.2) is 69.1 Å². The molecule has 10 heteroatoms. The molecule has 1 aliphatic rings. The summed E-state index contributed by atoms with van der Waals surface area (Å²) in [6.45, 7) is 2.21. The third kappa shape index (κ3) is 6.65. The SMILES string of the molecule is COc1cc(C(=O)N2CCC(NC(=O)C(Cc3cccc(F)c3)NC(C)=O)CC2)cc(OC)c1OC. The minimum absolute atomic E-state index is 0.162. The number of hydrogen-bond acceptors (Lipinski definition) is 6. The Hall–Kier alpha value is -3.82. The maximum absolute atomic E-state index is 13.6. The summed E-state index contributed by atoms with van der Waals surface area (Å²) in [5.41, 5.74) is 1.02. The lowest BCUT2D eigenvalue weighted by Crippen LogP contribution is -2.53. The molecule has 9 nitrogen and oxygen atoms in total. The molecule has 0 radical (unpaired) electrons. The Morgan fingerprint density at radius 1 is 1.03 bits per heavy atom. The van der Waals surface area contributed by atoms with Crippen LogP contribution in [0.3, 0.4) is 0 Å². The topological polar surface area (TPSA) is 106 Å². The molecule has 194 valence electrons. The van der Waals surface area contributed by atoms with Crippen molar-refractivity contribution in [1.82, 2.24) is 15.5 Å². The Morgan fingerprint density at radius 2 is 1.67 bits per heavy atom. The highest BCUT2D eigenvalue weighted by atomic mass is 19.1. The van der Waals surface area contributed by atoms with Crippen molar-refractivity contribution < 1.29 is 33.0 Å². The molecule has 0 bridgehead atoms. The minimum atomic E-state index is -0.830. The van der Waals surface area contributed by atoms with Gasteiger partial charge in [0.25, 0.3) is 5.91 Å². The highest BCUT2D eigenvalue weighted by Crippen LogP contribution is 2.38. The van der Waals surface area contributed by atoms with Crippen LogP contribution < -0.4 is 24.8 Å². The number of benzene rings is 2. The van der Waals surface area contributed by atoms with Crippen molar-refractivity contribution in [1.29, 1.82) is 0 Å². The summed E-state index contributed by atoms with van der Waals surface area (Å²) in [4.78, 5) is 39.4. The Kier molecular flexibility index (Phi) is 9.10. The van der Waals surface area contributed by atoms with Crippen molar-refractivity contribution in [3.8, 4) is 17.2 Å². The zero-order chi connectivity index (χ0) is 26.2. The maximum atomic E-state index is 13.6. The molecule has 36 heavy (non-hydrogen) atoms. The number of ether oxygens (including phenoxy) is 3. The Labute approximate surface area is 209 Å². The molecule has 3 amide bonds. The first-order valence-corrected chi connectivity index (χ1v) is 11.7. The fourth-order valence-corrected chi connectivity index (χ4v) is 4.27. The van der Waals surface area contributed by atoms with E-state index in [4.69, 9.17) is 14.2 Å². The van der Waals surface area contributed by atoms with Crippen LogP contribution in [-0.2, 0) is 16.0 Å². The van der Waals surface area contributed by atoms with Gasteiger partial charge in [0.05, 0.1) is 21.3 Å². The predicted octanol–water partition coefficient (Wildman–Crippen LogP) is 2.32. The van der Waals surface area contributed by atoms with Gasteiger partial charge in [0.15, 0.2) is 11.5 Å². The van der Waals surface area contributed by atoms with Gasteiger partial charge in [-0.15, -0.1) is 0 Å². The second-order valence-electron chi connectivity index (χ2n) is 8.58. The third-order valence-corrected chi connectivity index (χ3v) is 6.06. The molecule has 0 aliphatic carbocycles. The molecular weight excluding hydrogens is 469 g/mol. The molecule has 2 aromatic rings. The average Bonchev–Trinajstić information content (AvgIpc) is 2.87. The van der Waals surface area contributed by atoms with Gasteiger partial charge < -0.3 is 29.7 Å². The standard InChI is InChI=1S/C26H32FN3O6/c1-16(31)28-21(13-17-6-5-7-19(27)12-17)25(32)29-20-8-10-30(11-9-20)26(33)18-14-22(34-2)24(36-4)23(15-18)35-3/h5-7,12,14-15,20-21H,8-11,13H2,1-4H3,(H,28,31)(H,29,32). The first kappa shape index (κ1) is 26.8. The number of likely N-dealkylation sites (tertiary alicyclic amines) is 1. The zero-order valence-electron chi connectivity index (χ0n) is 20.9. The number of nitrogens with zero attached hydrogens (tertiary/aromatic N) is 1. The number of rotatable bonds is 9. The number of hydrogen-bond donors (Lipinski definition) is 2. The Morgan fingerprint density at radius 3 is 2.19 bits per heavy atom. The van der Waals surface area contributed by atoms with Crippen LogP contribution in [0.25, 0.3) is 0 Å². The van der Waals surface area contributed by atoms with Crippen LogP contribution in [0.2, 0.25) is 0 Å². The van der Waals surface area contributed by atoms with Crippen molar-refractivity contribution in [2.24, 2.45) is 0 Å². The van der Waals surface area contributed by atoms with Crippen molar-refractivity contribution in [3.05, 3.63) is 53.3 Å². The van der Waals surface area contributed by atoms with Crippen molar-refractivity contribution >= 4 is 17.7 Å². The molecule has 1 unspecified atom stereocenters. The maximum Gasteiger partial charge on any atom is 0.254 e. The van der Waals surface area contributed by atoms with Crippen LogP contribution in [0.1, 0.15) is 35.7 Å². The average molecular weight is 502 g/mol. The fraction of sp³-hybridized carbons (Fsp3) is 0.423. The second-order valence-corrected chi connectivity index (χ2v) is 8.58. The van der Waals surface area contributed by atoms with Crippen molar-refractivity contribution in [3.63, 3.8) is 0 Å².